The molecule has 1 aliphatic rings. The highest BCUT2D eigenvalue weighted by molar-refractivity contribution is 5.81. The fourth-order valence-corrected chi connectivity index (χ4v) is 3.85. The molecule has 0 saturated heterocycles. The summed E-state index contributed by atoms with van der Waals surface area (Å²) >= 11 is 0. The van der Waals surface area contributed by atoms with Crippen LogP contribution in [0.25, 0.3) is 11.1 Å². The Morgan fingerprint density at radius 3 is 2.20 bits per heavy atom. The summed E-state index contributed by atoms with van der Waals surface area (Å²) in [4.78, 5) is 35.6. The van der Waals surface area contributed by atoms with E-state index >= 15 is 0 Å². The Bertz CT molecular complexity index is 878. The zero-order valence-electron chi connectivity index (χ0n) is 17.1. The van der Waals surface area contributed by atoms with E-state index in [9.17, 15) is 19.5 Å². The van der Waals surface area contributed by atoms with Crippen LogP contribution in [0.5, 0.6) is 0 Å². The number of amides is 1. The Hall–Kier alpha value is -3.15. The van der Waals surface area contributed by atoms with E-state index in [0.717, 1.165) is 28.7 Å². The van der Waals surface area contributed by atoms with E-state index in [1.54, 1.807) is 0 Å². The predicted octanol–water partition coefficient (Wildman–Crippen LogP) is 3.74. The van der Waals surface area contributed by atoms with Crippen LogP contribution in [0, 0.1) is 5.92 Å². The van der Waals surface area contributed by atoms with E-state index in [4.69, 9.17) is 4.74 Å². The molecule has 0 fully saturated rings. The number of carboxylic acid groups (broad SMARTS) is 1. The SMILES string of the molecule is CCCNC(=O)CC[C@H](CC(=O)OCC1c2ccccc2-c2ccccc21)C(=O)O. The molecule has 158 valence electrons. The van der Waals surface area contributed by atoms with Gasteiger partial charge in [-0.15, -0.1) is 0 Å². The van der Waals surface area contributed by atoms with Crippen molar-refractivity contribution in [2.45, 2.75) is 38.5 Å². The fourth-order valence-electron chi connectivity index (χ4n) is 3.85. The first kappa shape index (κ1) is 21.6. The normalized spacial score (nSPS) is 13.2. The van der Waals surface area contributed by atoms with Crippen molar-refractivity contribution in [3.63, 3.8) is 0 Å². The summed E-state index contributed by atoms with van der Waals surface area (Å²) in [6, 6.07) is 16.1. The number of rotatable bonds is 10. The molecule has 2 aromatic carbocycles. The van der Waals surface area contributed by atoms with Gasteiger partial charge in [-0.2, -0.15) is 0 Å². The second-order valence-corrected chi connectivity index (χ2v) is 7.54. The Balaban J connectivity index is 1.58. The van der Waals surface area contributed by atoms with Gasteiger partial charge in [0.15, 0.2) is 0 Å². The third-order valence-corrected chi connectivity index (χ3v) is 5.43. The van der Waals surface area contributed by atoms with Crippen molar-refractivity contribution in [3.8, 4) is 11.1 Å². The monoisotopic (exact) mass is 409 g/mol. The van der Waals surface area contributed by atoms with Gasteiger partial charge in [-0.25, -0.2) is 0 Å². The number of aliphatic carboxylic acids is 1. The smallest absolute Gasteiger partial charge is 0.307 e. The number of esters is 1. The van der Waals surface area contributed by atoms with Gasteiger partial charge in [0.1, 0.15) is 6.61 Å². The Kier molecular flexibility index (Phi) is 7.22. The van der Waals surface area contributed by atoms with Crippen LogP contribution in [0.1, 0.15) is 49.7 Å². The average molecular weight is 409 g/mol. The Labute approximate surface area is 176 Å². The van der Waals surface area contributed by atoms with E-state index in [1.165, 1.54) is 0 Å². The largest absolute Gasteiger partial charge is 0.481 e. The van der Waals surface area contributed by atoms with Gasteiger partial charge in [0.05, 0.1) is 12.3 Å². The Morgan fingerprint density at radius 1 is 1.03 bits per heavy atom. The summed E-state index contributed by atoms with van der Waals surface area (Å²) in [6.07, 6.45) is 0.753. The minimum Gasteiger partial charge on any atom is -0.481 e. The zero-order valence-corrected chi connectivity index (χ0v) is 17.1. The topological polar surface area (TPSA) is 92.7 Å². The molecule has 0 bridgehead atoms. The number of ether oxygens (including phenoxy) is 1. The van der Waals surface area contributed by atoms with Gasteiger partial charge >= 0.3 is 11.9 Å². The van der Waals surface area contributed by atoms with Gasteiger partial charge in [-0.1, -0.05) is 55.5 Å². The van der Waals surface area contributed by atoms with Gasteiger partial charge in [-0.3, -0.25) is 14.4 Å². The highest BCUT2D eigenvalue weighted by atomic mass is 16.5. The number of carbonyl (C=O) groups is 3. The Morgan fingerprint density at radius 2 is 1.63 bits per heavy atom. The lowest BCUT2D eigenvalue weighted by Gasteiger charge is -2.16. The molecule has 1 aliphatic carbocycles. The van der Waals surface area contributed by atoms with E-state index in [0.29, 0.717) is 6.54 Å². The van der Waals surface area contributed by atoms with Gasteiger partial charge in [0, 0.05) is 18.9 Å². The molecule has 2 aromatic rings. The van der Waals surface area contributed by atoms with Crippen LogP contribution in [0.3, 0.4) is 0 Å². The third-order valence-electron chi connectivity index (χ3n) is 5.43. The maximum Gasteiger partial charge on any atom is 0.307 e. The zero-order chi connectivity index (χ0) is 21.5. The molecule has 0 radical (unpaired) electrons. The second kappa shape index (κ2) is 10.1. The minimum atomic E-state index is -1.09. The van der Waals surface area contributed by atoms with Crippen molar-refractivity contribution < 1.29 is 24.2 Å². The van der Waals surface area contributed by atoms with Crippen molar-refractivity contribution in [2.24, 2.45) is 5.92 Å². The number of benzene rings is 2. The average Bonchev–Trinajstić information content (AvgIpc) is 3.07. The number of hydrogen-bond acceptors (Lipinski definition) is 4. The maximum absolute atomic E-state index is 12.4. The number of carbonyl (C=O) groups excluding carboxylic acids is 2. The number of hydrogen-bond donors (Lipinski definition) is 2. The lowest BCUT2D eigenvalue weighted by Crippen LogP contribution is -2.26. The van der Waals surface area contributed by atoms with Crippen LogP contribution >= 0.6 is 0 Å². The first-order valence-electron chi connectivity index (χ1n) is 10.3. The van der Waals surface area contributed by atoms with Crippen LogP contribution in [-0.4, -0.2) is 36.1 Å². The fraction of sp³-hybridized carbons (Fsp3) is 0.375. The molecule has 0 saturated carbocycles. The number of fused-ring (bicyclic) bond motifs is 3. The molecule has 6 nitrogen and oxygen atoms in total. The lowest BCUT2D eigenvalue weighted by atomic mass is 9.97. The summed E-state index contributed by atoms with van der Waals surface area (Å²) in [5, 5.41) is 12.1. The summed E-state index contributed by atoms with van der Waals surface area (Å²) in [5.74, 6) is -2.85. The molecule has 0 aliphatic heterocycles. The first-order valence-corrected chi connectivity index (χ1v) is 10.3. The molecule has 2 N–H and O–H groups in total. The standard InChI is InChI=1S/C24H27NO5/c1-2-13-25-22(26)12-11-16(24(28)29)14-23(27)30-15-21-19-9-5-3-7-17(19)18-8-4-6-10-20(18)21/h3-10,16,21H,2,11-15H2,1H3,(H,25,26)(H,28,29)/t16-/m1/s1. The van der Waals surface area contributed by atoms with Crippen LogP contribution in [0.2, 0.25) is 0 Å². The van der Waals surface area contributed by atoms with Crippen LogP contribution < -0.4 is 5.32 Å². The predicted molar refractivity (Wildman–Crippen MR) is 113 cm³/mol. The molecular weight excluding hydrogens is 382 g/mol. The van der Waals surface area contributed by atoms with Gasteiger partial charge in [0.25, 0.3) is 0 Å². The number of nitrogens with one attached hydrogen (secondary N) is 1. The highest BCUT2D eigenvalue weighted by Crippen LogP contribution is 2.44. The van der Waals surface area contributed by atoms with Gasteiger partial charge < -0.3 is 15.2 Å². The van der Waals surface area contributed by atoms with E-state index in [2.05, 4.69) is 17.4 Å². The molecule has 0 aromatic heterocycles. The summed E-state index contributed by atoms with van der Waals surface area (Å²) in [7, 11) is 0. The van der Waals surface area contributed by atoms with E-state index in [1.807, 2.05) is 43.3 Å². The number of carboxylic acids is 1. The summed E-state index contributed by atoms with van der Waals surface area (Å²) in [6.45, 7) is 2.66. The maximum atomic E-state index is 12.4. The van der Waals surface area contributed by atoms with Crippen LogP contribution in [0.4, 0.5) is 0 Å². The second-order valence-electron chi connectivity index (χ2n) is 7.54. The van der Waals surface area contributed by atoms with E-state index in [-0.39, 0.29) is 37.7 Å². The molecule has 30 heavy (non-hydrogen) atoms. The van der Waals surface area contributed by atoms with Crippen molar-refractivity contribution in [1.82, 2.24) is 5.32 Å². The molecule has 1 amide bonds. The van der Waals surface area contributed by atoms with Crippen LogP contribution in [0.15, 0.2) is 48.5 Å². The molecular formula is C24H27NO5. The molecule has 0 spiro atoms. The third kappa shape index (κ3) is 5.06. The van der Waals surface area contributed by atoms with Crippen molar-refractivity contribution >= 4 is 17.8 Å². The van der Waals surface area contributed by atoms with Crippen molar-refractivity contribution in [3.05, 3.63) is 59.7 Å². The van der Waals surface area contributed by atoms with Crippen LogP contribution in [-0.2, 0) is 19.1 Å². The molecule has 3 rings (SSSR count). The molecule has 0 heterocycles. The molecule has 0 unspecified atom stereocenters. The molecule has 6 heteroatoms. The summed E-state index contributed by atoms with van der Waals surface area (Å²) < 4.78 is 5.49. The van der Waals surface area contributed by atoms with Gasteiger partial charge in [0.2, 0.25) is 5.91 Å². The highest BCUT2D eigenvalue weighted by Gasteiger charge is 2.30. The first-order chi connectivity index (χ1) is 14.5. The van der Waals surface area contributed by atoms with Gasteiger partial charge in [-0.05, 0) is 35.1 Å². The van der Waals surface area contributed by atoms with E-state index < -0.39 is 17.9 Å². The van der Waals surface area contributed by atoms with Crippen molar-refractivity contribution in [1.29, 1.82) is 0 Å². The minimum absolute atomic E-state index is 0.0653. The quantitative estimate of drug-likeness (QED) is 0.583. The summed E-state index contributed by atoms with van der Waals surface area (Å²) in [5.41, 5.74) is 4.48. The molecule has 1 atom stereocenters. The van der Waals surface area contributed by atoms with Crippen molar-refractivity contribution in [2.75, 3.05) is 13.2 Å². The lowest BCUT2D eigenvalue weighted by molar-refractivity contribution is -0.152.